The Kier molecular flexibility index (Phi) is 4.62. The molecule has 0 saturated heterocycles. The largest absolute Gasteiger partial charge is 0.324 e. The molecule has 0 spiro atoms. The van der Waals surface area contributed by atoms with E-state index in [4.69, 9.17) is 16.9 Å². The summed E-state index contributed by atoms with van der Waals surface area (Å²) in [5.74, 6) is -0.157. The van der Waals surface area contributed by atoms with Crippen molar-refractivity contribution in [2.45, 2.75) is 20.3 Å². The van der Waals surface area contributed by atoms with Gasteiger partial charge in [-0.2, -0.15) is 5.26 Å². The summed E-state index contributed by atoms with van der Waals surface area (Å²) in [6.45, 7) is 4.05. The van der Waals surface area contributed by atoms with E-state index in [9.17, 15) is 4.79 Å². The molecule has 2 aromatic carbocycles. The summed E-state index contributed by atoms with van der Waals surface area (Å²) in [6.07, 6.45) is 0.272. The van der Waals surface area contributed by atoms with Gasteiger partial charge in [0.2, 0.25) is 5.91 Å². The van der Waals surface area contributed by atoms with Gasteiger partial charge in [0.05, 0.1) is 28.8 Å². The lowest BCUT2D eigenvalue weighted by atomic mass is 10.0. The van der Waals surface area contributed by atoms with Gasteiger partial charge in [0.1, 0.15) is 0 Å². The summed E-state index contributed by atoms with van der Waals surface area (Å²) in [7, 11) is 0. The van der Waals surface area contributed by atoms with Crippen molar-refractivity contribution in [2.75, 3.05) is 5.32 Å². The van der Waals surface area contributed by atoms with Gasteiger partial charge in [-0.15, -0.1) is 0 Å². The minimum atomic E-state index is -0.157. The third-order valence-corrected chi connectivity index (χ3v) is 3.64. The zero-order chi connectivity index (χ0) is 15.4. The number of benzene rings is 2. The molecule has 0 heterocycles. The standard InChI is InChI=1S/C17H15ClN2O/c1-11-3-4-13(7-12(11)2)9-17(21)20-16-8-14(10-19)5-6-15(16)18/h3-8H,9H2,1-2H3,(H,20,21). The van der Waals surface area contributed by atoms with Gasteiger partial charge < -0.3 is 5.32 Å². The van der Waals surface area contributed by atoms with E-state index < -0.39 is 0 Å². The second kappa shape index (κ2) is 6.43. The van der Waals surface area contributed by atoms with E-state index in [0.29, 0.717) is 16.3 Å². The van der Waals surface area contributed by atoms with E-state index in [-0.39, 0.29) is 12.3 Å². The molecule has 3 nitrogen and oxygen atoms in total. The molecule has 0 aliphatic heterocycles. The van der Waals surface area contributed by atoms with Gasteiger partial charge >= 0.3 is 0 Å². The third kappa shape index (κ3) is 3.84. The van der Waals surface area contributed by atoms with E-state index in [2.05, 4.69) is 5.32 Å². The van der Waals surface area contributed by atoms with Gasteiger partial charge in [0, 0.05) is 0 Å². The first-order valence-electron chi connectivity index (χ1n) is 6.55. The zero-order valence-corrected chi connectivity index (χ0v) is 12.7. The zero-order valence-electron chi connectivity index (χ0n) is 11.9. The van der Waals surface area contributed by atoms with Crippen LogP contribution in [0.25, 0.3) is 0 Å². The molecule has 0 bridgehead atoms. The molecule has 0 aromatic heterocycles. The van der Waals surface area contributed by atoms with Crippen molar-refractivity contribution < 1.29 is 4.79 Å². The van der Waals surface area contributed by atoms with E-state index in [0.717, 1.165) is 11.1 Å². The first-order valence-corrected chi connectivity index (χ1v) is 6.93. The highest BCUT2D eigenvalue weighted by Crippen LogP contribution is 2.23. The number of carbonyl (C=O) groups excluding carboxylic acids is 1. The highest BCUT2D eigenvalue weighted by molar-refractivity contribution is 6.33. The summed E-state index contributed by atoms with van der Waals surface area (Å²) in [4.78, 5) is 12.1. The molecule has 4 heteroatoms. The highest BCUT2D eigenvalue weighted by Gasteiger charge is 2.08. The molecule has 2 rings (SSSR count). The fourth-order valence-electron chi connectivity index (χ4n) is 1.98. The predicted molar refractivity (Wildman–Crippen MR) is 84.4 cm³/mol. The van der Waals surface area contributed by atoms with Crippen LogP contribution in [0.2, 0.25) is 5.02 Å². The third-order valence-electron chi connectivity index (χ3n) is 3.31. The van der Waals surface area contributed by atoms with Crippen molar-refractivity contribution in [3.63, 3.8) is 0 Å². The van der Waals surface area contributed by atoms with Crippen LogP contribution in [0.1, 0.15) is 22.3 Å². The SMILES string of the molecule is Cc1ccc(CC(=O)Nc2cc(C#N)ccc2Cl)cc1C. The molecule has 0 atom stereocenters. The number of hydrogen-bond donors (Lipinski definition) is 1. The minimum Gasteiger partial charge on any atom is -0.324 e. The van der Waals surface area contributed by atoms with Gasteiger partial charge in [-0.25, -0.2) is 0 Å². The van der Waals surface area contributed by atoms with Crippen LogP contribution in [0.3, 0.4) is 0 Å². The van der Waals surface area contributed by atoms with Gasteiger partial charge in [-0.1, -0.05) is 29.8 Å². The minimum absolute atomic E-state index is 0.157. The van der Waals surface area contributed by atoms with Crippen LogP contribution in [-0.2, 0) is 11.2 Å². The van der Waals surface area contributed by atoms with Gasteiger partial charge in [0.15, 0.2) is 0 Å². The number of amides is 1. The van der Waals surface area contributed by atoms with Crippen molar-refractivity contribution in [3.8, 4) is 6.07 Å². The van der Waals surface area contributed by atoms with Crippen molar-refractivity contribution >= 4 is 23.2 Å². The maximum Gasteiger partial charge on any atom is 0.228 e. The number of halogens is 1. The molecular formula is C17H15ClN2O. The Morgan fingerprint density at radius 3 is 2.62 bits per heavy atom. The average Bonchev–Trinajstić information content (AvgIpc) is 2.45. The summed E-state index contributed by atoms with van der Waals surface area (Å²) in [5.41, 5.74) is 4.22. The van der Waals surface area contributed by atoms with Crippen LogP contribution in [0.15, 0.2) is 36.4 Å². The molecule has 0 aliphatic carbocycles. The van der Waals surface area contributed by atoms with Crippen LogP contribution in [0.4, 0.5) is 5.69 Å². The molecule has 1 N–H and O–H groups in total. The lowest BCUT2D eigenvalue weighted by molar-refractivity contribution is -0.115. The molecule has 0 fully saturated rings. The van der Waals surface area contributed by atoms with E-state index in [1.54, 1.807) is 18.2 Å². The maximum atomic E-state index is 12.1. The molecule has 0 aliphatic rings. The van der Waals surface area contributed by atoms with Gasteiger partial charge in [-0.3, -0.25) is 4.79 Å². The fraction of sp³-hybridized carbons (Fsp3) is 0.176. The van der Waals surface area contributed by atoms with Crippen LogP contribution < -0.4 is 5.32 Å². The number of carbonyl (C=O) groups is 1. The van der Waals surface area contributed by atoms with Crippen molar-refractivity contribution in [3.05, 3.63) is 63.7 Å². The Bertz CT molecular complexity index is 732. The summed E-state index contributed by atoms with van der Waals surface area (Å²) >= 11 is 6.02. The second-order valence-electron chi connectivity index (χ2n) is 4.95. The number of rotatable bonds is 3. The Morgan fingerprint density at radius 2 is 1.95 bits per heavy atom. The maximum absolute atomic E-state index is 12.1. The molecule has 21 heavy (non-hydrogen) atoms. The topological polar surface area (TPSA) is 52.9 Å². The number of hydrogen-bond acceptors (Lipinski definition) is 2. The number of nitrogens with one attached hydrogen (secondary N) is 1. The Hall–Kier alpha value is -2.31. The number of nitriles is 1. The normalized spacial score (nSPS) is 10.0. The number of nitrogens with zero attached hydrogens (tertiary/aromatic N) is 1. The lowest BCUT2D eigenvalue weighted by Gasteiger charge is -2.09. The smallest absolute Gasteiger partial charge is 0.228 e. The number of aryl methyl sites for hydroxylation is 2. The molecular weight excluding hydrogens is 284 g/mol. The number of anilines is 1. The van der Waals surface area contributed by atoms with Crippen LogP contribution >= 0.6 is 11.6 Å². The van der Waals surface area contributed by atoms with Gasteiger partial charge in [-0.05, 0) is 48.7 Å². The average molecular weight is 299 g/mol. The van der Waals surface area contributed by atoms with E-state index in [1.807, 2.05) is 38.1 Å². The van der Waals surface area contributed by atoms with Crippen LogP contribution in [0.5, 0.6) is 0 Å². The second-order valence-corrected chi connectivity index (χ2v) is 5.36. The molecule has 0 radical (unpaired) electrons. The van der Waals surface area contributed by atoms with Crippen molar-refractivity contribution in [1.82, 2.24) is 0 Å². The quantitative estimate of drug-likeness (QED) is 0.931. The Labute approximate surface area is 129 Å². The molecule has 2 aromatic rings. The summed E-state index contributed by atoms with van der Waals surface area (Å²) < 4.78 is 0. The fourth-order valence-corrected chi connectivity index (χ4v) is 2.15. The van der Waals surface area contributed by atoms with Gasteiger partial charge in [0.25, 0.3) is 0 Å². The van der Waals surface area contributed by atoms with Crippen molar-refractivity contribution in [1.29, 1.82) is 5.26 Å². The van der Waals surface area contributed by atoms with E-state index >= 15 is 0 Å². The summed E-state index contributed by atoms with van der Waals surface area (Å²) in [6, 6.07) is 12.7. The first kappa shape index (κ1) is 15.1. The highest BCUT2D eigenvalue weighted by atomic mass is 35.5. The monoisotopic (exact) mass is 298 g/mol. The lowest BCUT2D eigenvalue weighted by Crippen LogP contribution is -2.15. The van der Waals surface area contributed by atoms with Crippen LogP contribution in [-0.4, -0.2) is 5.91 Å². The van der Waals surface area contributed by atoms with Crippen LogP contribution in [0, 0.1) is 25.2 Å². The molecule has 0 unspecified atom stereocenters. The predicted octanol–water partition coefficient (Wildman–Crippen LogP) is 4.01. The molecule has 106 valence electrons. The Balaban J connectivity index is 2.11. The van der Waals surface area contributed by atoms with Crippen molar-refractivity contribution in [2.24, 2.45) is 0 Å². The summed E-state index contributed by atoms with van der Waals surface area (Å²) in [5, 5.41) is 12.0. The first-order chi connectivity index (χ1) is 9.99. The Morgan fingerprint density at radius 1 is 1.19 bits per heavy atom. The molecule has 0 saturated carbocycles. The molecule has 1 amide bonds. The van der Waals surface area contributed by atoms with E-state index in [1.165, 1.54) is 5.56 Å².